The number of rotatable bonds is 7. The minimum atomic E-state index is -4.32. The highest BCUT2D eigenvalue weighted by Gasteiger charge is 2.27. The van der Waals surface area contributed by atoms with Gasteiger partial charge in [-0.15, -0.1) is 10.2 Å². The van der Waals surface area contributed by atoms with Crippen LogP contribution in [0.4, 0.5) is 13.2 Å². The van der Waals surface area contributed by atoms with Crippen LogP contribution in [0.2, 0.25) is 0 Å². The summed E-state index contributed by atoms with van der Waals surface area (Å²) in [5, 5.41) is 14.4. The predicted octanol–water partition coefficient (Wildman–Crippen LogP) is 2.07. The van der Waals surface area contributed by atoms with Crippen LogP contribution in [0, 0.1) is 6.92 Å². The summed E-state index contributed by atoms with van der Waals surface area (Å²) in [5.41, 5.74) is 1.58. The van der Waals surface area contributed by atoms with E-state index < -0.39 is 12.8 Å². The van der Waals surface area contributed by atoms with Crippen molar-refractivity contribution in [1.82, 2.24) is 25.4 Å². The van der Waals surface area contributed by atoms with Crippen molar-refractivity contribution in [2.45, 2.75) is 32.8 Å². The molecule has 1 aromatic carbocycles. The SMILES string of the molecule is CN=C(NCc1cccc(COCC(F)(F)F)c1)NCc1nnc(C)n1C. The molecule has 27 heavy (non-hydrogen) atoms. The number of benzene rings is 1. The van der Waals surface area contributed by atoms with Crippen LogP contribution < -0.4 is 10.6 Å². The average molecular weight is 384 g/mol. The molecule has 0 fully saturated rings. The van der Waals surface area contributed by atoms with E-state index in [1.165, 1.54) is 0 Å². The summed E-state index contributed by atoms with van der Waals surface area (Å²) in [7, 11) is 3.54. The van der Waals surface area contributed by atoms with Crippen LogP contribution in [0.15, 0.2) is 29.3 Å². The molecule has 1 aromatic heterocycles. The smallest absolute Gasteiger partial charge is 0.367 e. The number of aliphatic imine (C=N–C) groups is 1. The third kappa shape index (κ3) is 6.89. The largest absolute Gasteiger partial charge is 0.411 e. The van der Waals surface area contributed by atoms with Gasteiger partial charge in [-0.25, -0.2) is 0 Å². The van der Waals surface area contributed by atoms with Gasteiger partial charge in [-0.3, -0.25) is 4.99 Å². The molecule has 0 atom stereocenters. The Labute approximate surface area is 155 Å². The molecule has 0 amide bonds. The highest BCUT2D eigenvalue weighted by atomic mass is 19.4. The van der Waals surface area contributed by atoms with E-state index in [9.17, 15) is 13.2 Å². The first kappa shape index (κ1) is 20.7. The number of aryl methyl sites for hydroxylation is 1. The Kier molecular flexibility index (Phi) is 7.17. The maximum Gasteiger partial charge on any atom is 0.411 e. The Balaban J connectivity index is 1.83. The monoisotopic (exact) mass is 384 g/mol. The summed E-state index contributed by atoms with van der Waals surface area (Å²) < 4.78 is 43.0. The Morgan fingerprint density at radius 3 is 2.52 bits per heavy atom. The number of nitrogens with one attached hydrogen (secondary N) is 2. The van der Waals surface area contributed by atoms with E-state index >= 15 is 0 Å². The van der Waals surface area contributed by atoms with Crippen molar-refractivity contribution < 1.29 is 17.9 Å². The highest BCUT2D eigenvalue weighted by molar-refractivity contribution is 5.79. The highest BCUT2D eigenvalue weighted by Crippen LogP contribution is 2.16. The van der Waals surface area contributed by atoms with Crippen molar-refractivity contribution in [3.63, 3.8) is 0 Å². The van der Waals surface area contributed by atoms with Gasteiger partial charge < -0.3 is 19.9 Å². The van der Waals surface area contributed by atoms with Crippen LogP contribution in [0.1, 0.15) is 22.8 Å². The van der Waals surface area contributed by atoms with Crippen LogP contribution >= 0.6 is 0 Å². The molecule has 2 aromatic rings. The van der Waals surface area contributed by atoms with Gasteiger partial charge in [-0.1, -0.05) is 24.3 Å². The van der Waals surface area contributed by atoms with Gasteiger partial charge in [0.05, 0.1) is 13.2 Å². The molecule has 0 unspecified atom stereocenters. The summed E-state index contributed by atoms with van der Waals surface area (Å²) in [6.45, 7) is 1.45. The lowest BCUT2D eigenvalue weighted by Crippen LogP contribution is -2.36. The Morgan fingerprint density at radius 2 is 1.89 bits per heavy atom. The van der Waals surface area contributed by atoms with E-state index in [1.54, 1.807) is 25.2 Å². The van der Waals surface area contributed by atoms with Crippen LogP contribution in [0.25, 0.3) is 0 Å². The molecule has 2 N–H and O–H groups in total. The van der Waals surface area contributed by atoms with Gasteiger partial charge >= 0.3 is 6.18 Å². The molecule has 0 aliphatic carbocycles. The van der Waals surface area contributed by atoms with Gasteiger partial charge in [0.2, 0.25) is 0 Å². The second kappa shape index (κ2) is 9.36. The fourth-order valence-electron chi connectivity index (χ4n) is 2.29. The van der Waals surface area contributed by atoms with Crippen LogP contribution in [0.3, 0.4) is 0 Å². The molecule has 1 heterocycles. The van der Waals surface area contributed by atoms with E-state index in [1.807, 2.05) is 24.6 Å². The van der Waals surface area contributed by atoms with Gasteiger partial charge in [0.1, 0.15) is 12.4 Å². The van der Waals surface area contributed by atoms with E-state index in [-0.39, 0.29) is 6.61 Å². The average Bonchev–Trinajstić information content (AvgIpc) is 2.93. The van der Waals surface area contributed by atoms with Crippen molar-refractivity contribution in [2.75, 3.05) is 13.7 Å². The molecule has 10 heteroatoms. The van der Waals surface area contributed by atoms with Crippen LogP contribution in [-0.4, -0.2) is 40.6 Å². The number of hydrogen-bond acceptors (Lipinski definition) is 4. The number of ether oxygens (including phenoxy) is 1. The summed E-state index contributed by atoms with van der Waals surface area (Å²) >= 11 is 0. The van der Waals surface area contributed by atoms with Crippen molar-refractivity contribution in [1.29, 1.82) is 0 Å². The molecule has 0 radical (unpaired) electrons. The summed E-state index contributed by atoms with van der Waals surface area (Å²) in [6, 6.07) is 7.17. The molecule has 0 bridgehead atoms. The maximum atomic E-state index is 12.1. The number of halogens is 3. The fraction of sp³-hybridized carbons (Fsp3) is 0.471. The quantitative estimate of drug-likeness (QED) is 0.565. The van der Waals surface area contributed by atoms with Crippen molar-refractivity contribution in [2.24, 2.45) is 12.0 Å². The lowest BCUT2D eigenvalue weighted by Gasteiger charge is -2.13. The molecule has 2 rings (SSSR count). The number of aromatic nitrogens is 3. The first-order chi connectivity index (χ1) is 12.8. The minimum Gasteiger partial charge on any atom is -0.367 e. The number of hydrogen-bond donors (Lipinski definition) is 2. The molecule has 0 aliphatic heterocycles. The van der Waals surface area contributed by atoms with Crippen LogP contribution in [-0.2, 0) is 31.5 Å². The van der Waals surface area contributed by atoms with Gasteiger partial charge in [-0.2, -0.15) is 13.2 Å². The summed E-state index contributed by atoms with van der Waals surface area (Å²) in [5.74, 6) is 2.17. The zero-order chi connectivity index (χ0) is 19.9. The van der Waals surface area contributed by atoms with Gasteiger partial charge in [0.25, 0.3) is 0 Å². The summed E-state index contributed by atoms with van der Waals surface area (Å²) in [6.07, 6.45) is -4.32. The van der Waals surface area contributed by atoms with Crippen LogP contribution in [0.5, 0.6) is 0 Å². The third-order valence-electron chi connectivity index (χ3n) is 3.81. The Hall–Kier alpha value is -2.62. The fourth-order valence-corrected chi connectivity index (χ4v) is 2.29. The van der Waals surface area contributed by atoms with E-state index in [2.05, 4.69) is 30.6 Å². The zero-order valence-electron chi connectivity index (χ0n) is 15.5. The second-order valence-corrected chi connectivity index (χ2v) is 5.93. The van der Waals surface area contributed by atoms with E-state index in [0.29, 0.717) is 24.6 Å². The molecule has 7 nitrogen and oxygen atoms in total. The van der Waals surface area contributed by atoms with E-state index in [4.69, 9.17) is 0 Å². The molecular formula is C17H23F3N6O. The van der Waals surface area contributed by atoms with Crippen molar-refractivity contribution in [3.05, 3.63) is 47.0 Å². The third-order valence-corrected chi connectivity index (χ3v) is 3.81. The van der Waals surface area contributed by atoms with Gasteiger partial charge in [0, 0.05) is 20.6 Å². The maximum absolute atomic E-state index is 12.1. The first-order valence-corrected chi connectivity index (χ1v) is 8.30. The second-order valence-electron chi connectivity index (χ2n) is 5.93. The summed E-state index contributed by atoms with van der Waals surface area (Å²) in [4.78, 5) is 4.14. The van der Waals surface area contributed by atoms with Gasteiger partial charge in [0.15, 0.2) is 11.8 Å². The minimum absolute atomic E-state index is 0.0914. The lowest BCUT2D eigenvalue weighted by atomic mass is 10.1. The molecule has 0 spiro atoms. The number of alkyl halides is 3. The first-order valence-electron chi connectivity index (χ1n) is 8.30. The number of guanidine groups is 1. The van der Waals surface area contributed by atoms with Gasteiger partial charge in [-0.05, 0) is 18.1 Å². The lowest BCUT2D eigenvalue weighted by molar-refractivity contribution is -0.176. The topological polar surface area (TPSA) is 76.4 Å². The number of nitrogens with zero attached hydrogens (tertiary/aromatic N) is 4. The molecule has 0 saturated carbocycles. The predicted molar refractivity (Wildman–Crippen MR) is 94.9 cm³/mol. The normalized spacial score (nSPS) is 12.3. The molecule has 0 saturated heterocycles. The Morgan fingerprint density at radius 1 is 1.19 bits per heavy atom. The van der Waals surface area contributed by atoms with E-state index in [0.717, 1.165) is 17.2 Å². The standard InChI is InChI=1S/C17H23F3N6O/c1-12-24-25-15(26(12)3)9-23-16(21-2)22-8-13-5-4-6-14(7-13)10-27-11-17(18,19)20/h4-7H,8-11H2,1-3H3,(H2,21,22,23). The van der Waals surface area contributed by atoms with Crippen molar-refractivity contribution >= 4 is 5.96 Å². The van der Waals surface area contributed by atoms with Crippen molar-refractivity contribution in [3.8, 4) is 0 Å². The zero-order valence-corrected chi connectivity index (χ0v) is 15.5. The molecule has 148 valence electrons. The Bertz CT molecular complexity index is 772. The molecular weight excluding hydrogens is 361 g/mol. The molecule has 0 aliphatic rings.